The van der Waals surface area contributed by atoms with Crippen molar-refractivity contribution < 1.29 is 17.9 Å². The van der Waals surface area contributed by atoms with E-state index in [9.17, 15) is 13.2 Å². The Morgan fingerprint density at radius 3 is 2.10 bits per heavy atom. The summed E-state index contributed by atoms with van der Waals surface area (Å²) in [4.78, 5) is 13.7. The molecule has 4 N–H and O–H groups in total. The van der Waals surface area contributed by atoms with Crippen LogP contribution in [0.1, 0.15) is 49.9 Å². The Kier molecular flexibility index (Phi) is 8.04. The number of nitrogens with two attached hydrogens (primary N) is 2. The fraction of sp³-hybridized carbons (Fsp3) is 0.381. The SMILES string of the molecule is CCCCN(CCCC)c1cc(C(N)=O)cc(S(N)(=O)=O)c1Oc1ccccc1. The average molecular weight is 420 g/mol. The Labute approximate surface area is 172 Å². The minimum atomic E-state index is -4.17. The van der Waals surface area contributed by atoms with Crippen molar-refractivity contribution in [3.05, 3.63) is 48.0 Å². The van der Waals surface area contributed by atoms with Gasteiger partial charge in [-0.2, -0.15) is 0 Å². The van der Waals surface area contributed by atoms with E-state index in [0.29, 0.717) is 24.5 Å². The van der Waals surface area contributed by atoms with Gasteiger partial charge in [-0.25, -0.2) is 13.6 Å². The average Bonchev–Trinajstić information content (AvgIpc) is 2.68. The van der Waals surface area contributed by atoms with Gasteiger partial charge in [0, 0.05) is 18.7 Å². The molecular formula is C21H29N3O4S. The summed E-state index contributed by atoms with van der Waals surface area (Å²) in [5.74, 6) is -0.152. The lowest BCUT2D eigenvalue weighted by atomic mass is 10.1. The molecule has 0 aliphatic heterocycles. The summed E-state index contributed by atoms with van der Waals surface area (Å²) < 4.78 is 30.7. The van der Waals surface area contributed by atoms with Crippen LogP contribution < -0.4 is 20.5 Å². The van der Waals surface area contributed by atoms with E-state index < -0.39 is 15.9 Å². The predicted octanol–water partition coefficient (Wildman–Crippen LogP) is 3.63. The third-order valence-corrected chi connectivity index (χ3v) is 5.41. The van der Waals surface area contributed by atoms with E-state index in [-0.39, 0.29) is 16.2 Å². The number of carbonyl (C=O) groups is 1. The van der Waals surface area contributed by atoms with Gasteiger partial charge in [0.15, 0.2) is 5.75 Å². The topological polar surface area (TPSA) is 116 Å². The van der Waals surface area contributed by atoms with Crippen molar-refractivity contribution in [1.82, 2.24) is 0 Å². The molecule has 2 rings (SSSR count). The third kappa shape index (κ3) is 6.20. The fourth-order valence-corrected chi connectivity index (χ4v) is 3.63. The molecule has 0 unspecified atom stereocenters. The van der Waals surface area contributed by atoms with Gasteiger partial charge in [0.1, 0.15) is 10.6 Å². The second-order valence-corrected chi connectivity index (χ2v) is 8.37. The number of nitrogens with zero attached hydrogens (tertiary/aromatic N) is 1. The highest BCUT2D eigenvalue weighted by molar-refractivity contribution is 7.89. The number of sulfonamides is 1. The van der Waals surface area contributed by atoms with Crippen molar-refractivity contribution in [2.24, 2.45) is 10.9 Å². The largest absolute Gasteiger partial charge is 0.454 e. The molecule has 158 valence electrons. The summed E-state index contributed by atoms with van der Waals surface area (Å²) >= 11 is 0. The summed E-state index contributed by atoms with van der Waals surface area (Å²) in [5, 5.41) is 5.47. The zero-order valence-corrected chi connectivity index (χ0v) is 17.7. The summed E-state index contributed by atoms with van der Waals surface area (Å²) in [5.41, 5.74) is 6.03. The first-order valence-corrected chi connectivity index (χ1v) is 11.3. The predicted molar refractivity (Wildman–Crippen MR) is 115 cm³/mol. The Morgan fingerprint density at radius 1 is 1.03 bits per heavy atom. The maximum atomic E-state index is 12.3. The van der Waals surface area contributed by atoms with Crippen molar-refractivity contribution in [3.8, 4) is 11.5 Å². The molecule has 0 spiro atoms. The van der Waals surface area contributed by atoms with Crippen LogP contribution in [-0.4, -0.2) is 27.4 Å². The quantitative estimate of drug-likeness (QED) is 0.577. The summed E-state index contributed by atoms with van der Waals surface area (Å²) in [6.07, 6.45) is 3.74. The van der Waals surface area contributed by atoms with Gasteiger partial charge in [-0.05, 0) is 37.1 Å². The van der Waals surface area contributed by atoms with Crippen molar-refractivity contribution in [2.45, 2.75) is 44.4 Å². The van der Waals surface area contributed by atoms with Crippen molar-refractivity contribution in [3.63, 3.8) is 0 Å². The first-order valence-electron chi connectivity index (χ1n) is 9.76. The lowest BCUT2D eigenvalue weighted by molar-refractivity contribution is 0.1000. The molecule has 2 aromatic rings. The maximum Gasteiger partial charge on any atom is 0.248 e. The zero-order valence-electron chi connectivity index (χ0n) is 16.9. The number of hydrogen-bond acceptors (Lipinski definition) is 5. The normalized spacial score (nSPS) is 11.3. The molecule has 7 nitrogen and oxygen atoms in total. The van der Waals surface area contributed by atoms with E-state index in [1.165, 1.54) is 6.07 Å². The number of primary amides is 1. The number of rotatable bonds is 11. The van der Waals surface area contributed by atoms with Gasteiger partial charge in [-0.1, -0.05) is 44.9 Å². The van der Waals surface area contributed by atoms with E-state index >= 15 is 0 Å². The van der Waals surface area contributed by atoms with Gasteiger partial charge >= 0.3 is 0 Å². The highest BCUT2D eigenvalue weighted by atomic mass is 32.2. The van der Waals surface area contributed by atoms with E-state index in [2.05, 4.69) is 13.8 Å². The van der Waals surface area contributed by atoms with Crippen LogP contribution in [0, 0.1) is 0 Å². The molecule has 0 aliphatic rings. The van der Waals surface area contributed by atoms with Gasteiger partial charge in [0.2, 0.25) is 15.9 Å². The number of amides is 1. The van der Waals surface area contributed by atoms with Crippen LogP contribution in [0.5, 0.6) is 11.5 Å². The number of para-hydroxylation sites is 1. The van der Waals surface area contributed by atoms with Crippen LogP contribution in [0.25, 0.3) is 0 Å². The first-order chi connectivity index (χ1) is 13.8. The molecule has 2 aromatic carbocycles. The van der Waals surface area contributed by atoms with Crippen LogP contribution >= 0.6 is 0 Å². The number of hydrogen-bond donors (Lipinski definition) is 2. The lowest BCUT2D eigenvalue weighted by Crippen LogP contribution is -2.28. The Hall–Kier alpha value is -2.58. The molecule has 0 saturated carbocycles. The van der Waals surface area contributed by atoms with Crippen molar-refractivity contribution >= 4 is 21.6 Å². The number of primary sulfonamides is 1. The van der Waals surface area contributed by atoms with Crippen molar-refractivity contribution in [2.75, 3.05) is 18.0 Å². The van der Waals surface area contributed by atoms with Gasteiger partial charge in [-0.3, -0.25) is 4.79 Å². The molecule has 0 fully saturated rings. The van der Waals surface area contributed by atoms with E-state index in [1.54, 1.807) is 30.3 Å². The van der Waals surface area contributed by atoms with Gasteiger partial charge in [-0.15, -0.1) is 0 Å². The van der Waals surface area contributed by atoms with Crippen molar-refractivity contribution in [1.29, 1.82) is 0 Å². The van der Waals surface area contributed by atoms with Gasteiger partial charge < -0.3 is 15.4 Å². The van der Waals surface area contributed by atoms with Crippen LogP contribution in [0.15, 0.2) is 47.4 Å². The minimum Gasteiger partial charge on any atom is -0.454 e. The molecule has 0 saturated heterocycles. The second kappa shape index (κ2) is 10.3. The highest BCUT2D eigenvalue weighted by Gasteiger charge is 2.25. The lowest BCUT2D eigenvalue weighted by Gasteiger charge is -2.28. The molecule has 29 heavy (non-hydrogen) atoms. The minimum absolute atomic E-state index is 0.0717. The van der Waals surface area contributed by atoms with E-state index in [1.807, 2.05) is 11.0 Å². The maximum absolute atomic E-state index is 12.3. The molecule has 0 bridgehead atoms. The summed E-state index contributed by atoms with van der Waals surface area (Å²) in [6.45, 7) is 5.53. The third-order valence-electron chi connectivity index (χ3n) is 4.49. The summed E-state index contributed by atoms with van der Waals surface area (Å²) in [7, 11) is -4.17. The molecule has 1 amide bonds. The number of carbonyl (C=O) groups excluding carboxylic acids is 1. The molecule has 0 heterocycles. The van der Waals surface area contributed by atoms with Crippen LogP contribution in [0.2, 0.25) is 0 Å². The molecule has 0 aliphatic carbocycles. The highest BCUT2D eigenvalue weighted by Crippen LogP contribution is 2.39. The molecule has 0 atom stereocenters. The Bertz CT molecular complexity index is 922. The van der Waals surface area contributed by atoms with E-state index in [4.69, 9.17) is 15.6 Å². The monoisotopic (exact) mass is 419 g/mol. The van der Waals surface area contributed by atoms with Crippen LogP contribution in [-0.2, 0) is 10.0 Å². The fourth-order valence-electron chi connectivity index (χ4n) is 2.94. The molecule has 0 radical (unpaired) electrons. The summed E-state index contributed by atoms with van der Waals surface area (Å²) in [6, 6.07) is 11.6. The van der Waals surface area contributed by atoms with Crippen LogP contribution in [0.3, 0.4) is 0 Å². The van der Waals surface area contributed by atoms with E-state index in [0.717, 1.165) is 25.7 Å². The number of benzene rings is 2. The Balaban J connectivity index is 2.71. The van der Waals surface area contributed by atoms with Crippen LogP contribution in [0.4, 0.5) is 5.69 Å². The Morgan fingerprint density at radius 2 is 1.62 bits per heavy atom. The first kappa shape index (κ1) is 22.7. The van der Waals surface area contributed by atoms with Gasteiger partial charge in [0.25, 0.3) is 0 Å². The van der Waals surface area contributed by atoms with Gasteiger partial charge in [0.05, 0.1) is 5.69 Å². The number of ether oxygens (including phenoxy) is 1. The molecular weight excluding hydrogens is 390 g/mol. The standard InChI is InChI=1S/C21H29N3O4S/c1-3-5-12-24(13-6-4-2)18-14-16(21(22)25)15-19(29(23,26)27)20(18)28-17-10-8-7-9-11-17/h7-11,14-15H,3-6,12-13H2,1-2H3,(H2,22,25)(H2,23,26,27). The number of unbranched alkanes of at least 4 members (excludes halogenated alkanes) is 2. The second-order valence-electron chi connectivity index (χ2n) is 6.84. The molecule has 8 heteroatoms. The number of anilines is 1. The smallest absolute Gasteiger partial charge is 0.248 e. The zero-order chi connectivity index (χ0) is 21.4. The molecule has 0 aromatic heterocycles.